The standard InChI is InChI=1S/C13H14N2OS/c1-10-7-12(17-9-10)13(16)15(2)8-11-3-5-14-6-4-11/h3-7,9H,8H2,1-2H3. The molecule has 88 valence electrons. The molecule has 0 aliphatic heterocycles. The van der Waals surface area contributed by atoms with Gasteiger partial charge in [-0.25, -0.2) is 0 Å². The van der Waals surface area contributed by atoms with Crippen LogP contribution in [0.5, 0.6) is 0 Å². The lowest BCUT2D eigenvalue weighted by Crippen LogP contribution is -2.25. The summed E-state index contributed by atoms with van der Waals surface area (Å²) >= 11 is 1.49. The lowest BCUT2D eigenvalue weighted by molar-refractivity contribution is 0.0790. The maximum absolute atomic E-state index is 12.1. The summed E-state index contributed by atoms with van der Waals surface area (Å²) in [5.41, 5.74) is 2.22. The predicted octanol–water partition coefficient (Wildman–Crippen LogP) is 2.72. The zero-order chi connectivity index (χ0) is 12.3. The van der Waals surface area contributed by atoms with Gasteiger partial charge in [0.25, 0.3) is 5.91 Å². The first-order valence-corrected chi connectivity index (χ1v) is 6.24. The fourth-order valence-electron chi connectivity index (χ4n) is 1.57. The second-order valence-electron chi connectivity index (χ2n) is 4.00. The molecule has 0 atom stereocenters. The molecule has 0 radical (unpaired) electrons. The molecule has 0 spiro atoms. The Balaban J connectivity index is 2.06. The summed E-state index contributed by atoms with van der Waals surface area (Å²) in [5.74, 6) is 0.0694. The summed E-state index contributed by atoms with van der Waals surface area (Å²) in [4.78, 5) is 18.6. The molecule has 0 aliphatic carbocycles. The van der Waals surface area contributed by atoms with E-state index in [-0.39, 0.29) is 5.91 Å². The van der Waals surface area contributed by atoms with Crippen LogP contribution < -0.4 is 0 Å². The van der Waals surface area contributed by atoms with Gasteiger partial charge in [-0.2, -0.15) is 0 Å². The predicted molar refractivity (Wildman–Crippen MR) is 69.1 cm³/mol. The molecule has 0 bridgehead atoms. The monoisotopic (exact) mass is 246 g/mol. The highest BCUT2D eigenvalue weighted by atomic mass is 32.1. The Labute approximate surface area is 105 Å². The minimum Gasteiger partial charge on any atom is -0.337 e. The Bertz CT molecular complexity index is 507. The van der Waals surface area contributed by atoms with E-state index < -0.39 is 0 Å². The molecular formula is C13H14N2OS. The summed E-state index contributed by atoms with van der Waals surface area (Å²) in [6.45, 7) is 2.61. The Kier molecular flexibility index (Phi) is 3.54. The number of hydrogen-bond donors (Lipinski definition) is 0. The molecule has 17 heavy (non-hydrogen) atoms. The second kappa shape index (κ2) is 5.10. The number of aromatic nitrogens is 1. The van der Waals surface area contributed by atoms with Crippen LogP contribution in [0.4, 0.5) is 0 Å². The quantitative estimate of drug-likeness (QED) is 0.834. The summed E-state index contributed by atoms with van der Waals surface area (Å²) in [6, 6.07) is 5.77. The molecule has 0 saturated carbocycles. The summed E-state index contributed by atoms with van der Waals surface area (Å²) in [7, 11) is 1.82. The van der Waals surface area contributed by atoms with E-state index in [0.29, 0.717) is 6.54 Å². The fraction of sp³-hybridized carbons (Fsp3) is 0.231. The zero-order valence-electron chi connectivity index (χ0n) is 9.88. The second-order valence-corrected chi connectivity index (χ2v) is 4.92. The van der Waals surface area contributed by atoms with Gasteiger partial charge in [-0.3, -0.25) is 9.78 Å². The van der Waals surface area contributed by atoms with Crippen LogP contribution in [0.1, 0.15) is 20.8 Å². The molecule has 2 aromatic rings. The van der Waals surface area contributed by atoms with Crippen molar-refractivity contribution in [2.75, 3.05) is 7.05 Å². The topological polar surface area (TPSA) is 33.2 Å². The average molecular weight is 246 g/mol. The van der Waals surface area contributed by atoms with E-state index >= 15 is 0 Å². The molecule has 1 amide bonds. The van der Waals surface area contributed by atoms with Crippen molar-refractivity contribution < 1.29 is 4.79 Å². The number of amides is 1. The van der Waals surface area contributed by atoms with Crippen LogP contribution in [0.2, 0.25) is 0 Å². The minimum absolute atomic E-state index is 0.0694. The third-order valence-corrected chi connectivity index (χ3v) is 3.49. The van der Waals surface area contributed by atoms with Crippen molar-refractivity contribution in [3.05, 3.63) is 52.0 Å². The largest absolute Gasteiger partial charge is 0.337 e. The summed E-state index contributed by atoms with van der Waals surface area (Å²) < 4.78 is 0. The normalized spacial score (nSPS) is 10.2. The third-order valence-electron chi connectivity index (χ3n) is 2.46. The number of nitrogens with zero attached hydrogens (tertiary/aromatic N) is 2. The van der Waals surface area contributed by atoms with Gasteiger partial charge >= 0.3 is 0 Å². The van der Waals surface area contributed by atoms with E-state index in [1.165, 1.54) is 11.3 Å². The average Bonchev–Trinajstić information content (AvgIpc) is 2.76. The first-order chi connectivity index (χ1) is 8.16. The van der Waals surface area contributed by atoms with Crippen molar-refractivity contribution in [1.82, 2.24) is 9.88 Å². The van der Waals surface area contributed by atoms with Gasteiger partial charge in [0.15, 0.2) is 0 Å². The van der Waals surface area contributed by atoms with Gasteiger partial charge in [-0.15, -0.1) is 11.3 Å². The van der Waals surface area contributed by atoms with Gasteiger partial charge in [0.1, 0.15) is 0 Å². The van der Waals surface area contributed by atoms with Crippen molar-refractivity contribution in [3.63, 3.8) is 0 Å². The molecule has 0 saturated heterocycles. The van der Waals surface area contributed by atoms with Crippen LogP contribution in [-0.4, -0.2) is 22.8 Å². The van der Waals surface area contributed by atoms with Crippen LogP contribution in [-0.2, 0) is 6.54 Å². The number of rotatable bonds is 3. The van der Waals surface area contributed by atoms with Crippen molar-refractivity contribution >= 4 is 17.2 Å². The smallest absolute Gasteiger partial charge is 0.263 e. The van der Waals surface area contributed by atoms with Gasteiger partial charge in [0, 0.05) is 26.0 Å². The number of carbonyl (C=O) groups excluding carboxylic acids is 1. The Hall–Kier alpha value is -1.68. The minimum atomic E-state index is 0.0694. The molecular weight excluding hydrogens is 232 g/mol. The lowest BCUT2D eigenvalue weighted by atomic mass is 10.2. The number of carbonyl (C=O) groups is 1. The molecule has 2 aromatic heterocycles. The Morgan fingerprint density at radius 2 is 2.12 bits per heavy atom. The third kappa shape index (κ3) is 2.91. The zero-order valence-corrected chi connectivity index (χ0v) is 10.7. The number of pyridine rings is 1. The maximum Gasteiger partial charge on any atom is 0.263 e. The molecule has 4 heteroatoms. The van der Waals surface area contributed by atoms with E-state index in [4.69, 9.17) is 0 Å². The molecule has 2 rings (SSSR count). The molecule has 2 heterocycles. The van der Waals surface area contributed by atoms with Gasteiger partial charge in [-0.05, 0) is 41.6 Å². The van der Waals surface area contributed by atoms with Gasteiger partial charge < -0.3 is 4.90 Å². The van der Waals surface area contributed by atoms with E-state index in [9.17, 15) is 4.79 Å². The van der Waals surface area contributed by atoms with E-state index in [1.54, 1.807) is 17.3 Å². The first kappa shape index (κ1) is 11.8. The highest BCUT2D eigenvalue weighted by molar-refractivity contribution is 7.12. The fourth-order valence-corrected chi connectivity index (χ4v) is 2.46. The first-order valence-electron chi connectivity index (χ1n) is 5.36. The highest BCUT2D eigenvalue weighted by Crippen LogP contribution is 2.16. The number of thiophene rings is 1. The van der Waals surface area contributed by atoms with Crippen LogP contribution in [0.3, 0.4) is 0 Å². The highest BCUT2D eigenvalue weighted by Gasteiger charge is 2.13. The molecule has 3 nitrogen and oxygen atoms in total. The van der Waals surface area contributed by atoms with Crippen molar-refractivity contribution in [1.29, 1.82) is 0 Å². The van der Waals surface area contributed by atoms with E-state index in [1.807, 2.05) is 37.6 Å². The van der Waals surface area contributed by atoms with Crippen LogP contribution in [0.15, 0.2) is 36.0 Å². The van der Waals surface area contributed by atoms with Gasteiger partial charge in [0.2, 0.25) is 0 Å². The number of aryl methyl sites for hydroxylation is 1. The molecule has 0 unspecified atom stereocenters. The van der Waals surface area contributed by atoms with Crippen LogP contribution in [0, 0.1) is 6.92 Å². The van der Waals surface area contributed by atoms with Crippen molar-refractivity contribution in [2.45, 2.75) is 13.5 Å². The van der Waals surface area contributed by atoms with Crippen molar-refractivity contribution in [3.8, 4) is 0 Å². The van der Waals surface area contributed by atoms with Crippen LogP contribution >= 0.6 is 11.3 Å². The lowest BCUT2D eigenvalue weighted by Gasteiger charge is -2.16. The van der Waals surface area contributed by atoms with Crippen LogP contribution in [0.25, 0.3) is 0 Å². The SMILES string of the molecule is Cc1csc(C(=O)N(C)Cc2ccncc2)c1. The summed E-state index contributed by atoms with van der Waals surface area (Å²) in [6.07, 6.45) is 3.48. The maximum atomic E-state index is 12.1. The Morgan fingerprint density at radius 3 is 2.71 bits per heavy atom. The van der Waals surface area contributed by atoms with Crippen molar-refractivity contribution in [2.24, 2.45) is 0 Å². The molecule has 0 aliphatic rings. The van der Waals surface area contributed by atoms with E-state index in [2.05, 4.69) is 4.98 Å². The number of hydrogen-bond acceptors (Lipinski definition) is 3. The van der Waals surface area contributed by atoms with Gasteiger partial charge in [0.05, 0.1) is 4.88 Å². The Morgan fingerprint density at radius 1 is 1.41 bits per heavy atom. The molecule has 0 aromatic carbocycles. The molecule has 0 N–H and O–H groups in total. The molecule has 0 fully saturated rings. The van der Waals surface area contributed by atoms with Gasteiger partial charge in [-0.1, -0.05) is 0 Å². The summed E-state index contributed by atoms with van der Waals surface area (Å²) in [5, 5.41) is 1.99. The van der Waals surface area contributed by atoms with E-state index in [0.717, 1.165) is 16.0 Å².